The Morgan fingerprint density at radius 1 is 1.27 bits per heavy atom. The standard InChI is InChI=1S/C18H17ClFN3O3/c1-3-9-26-14-7-8-21-16-15(14)17(24)23(18(25)22(16)2)10-11-12(19)5-4-6-13(11)20/h4-8H,3,9-10H2,1-2H3. The summed E-state index contributed by atoms with van der Waals surface area (Å²) in [4.78, 5) is 29.7. The molecule has 2 heterocycles. The number of hydrogen-bond donors (Lipinski definition) is 0. The van der Waals surface area contributed by atoms with Gasteiger partial charge in [-0.2, -0.15) is 0 Å². The van der Waals surface area contributed by atoms with E-state index < -0.39 is 17.1 Å². The number of fused-ring (bicyclic) bond motifs is 1. The molecule has 0 amide bonds. The van der Waals surface area contributed by atoms with Crippen molar-refractivity contribution in [2.24, 2.45) is 7.05 Å². The average Bonchev–Trinajstić information content (AvgIpc) is 2.63. The molecule has 0 fully saturated rings. The second-order valence-electron chi connectivity index (χ2n) is 5.79. The number of aryl methyl sites for hydroxylation is 1. The molecule has 0 bridgehead atoms. The molecule has 0 saturated heterocycles. The van der Waals surface area contributed by atoms with E-state index in [1.54, 1.807) is 6.07 Å². The Balaban J connectivity index is 2.26. The van der Waals surface area contributed by atoms with Crippen LogP contribution in [0.1, 0.15) is 18.9 Å². The van der Waals surface area contributed by atoms with Crippen LogP contribution < -0.4 is 16.0 Å². The molecule has 0 N–H and O–H groups in total. The number of nitrogens with zero attached hydrogens (tertiary/aromatic N) is 3. The molecule has 0 radical (unpaired) electrons. The first-order valence-electron chi connectivity index (χ1n) is 8.10. The highest BCUT2D eigenvalue weighted by atomic mass is 35.5. The summed E-state index contributed by atoms with van der Waals surface area (Å²) in [5.74, 6) is -0.244. The van der Waals surface area contributed by atoms with E-state index in [4.69, 9.17) is 16.3 Å². The topological polar surface area (TPSA) is 66.1 Å². The third kappa shape index (κ3) is 3.10. The van der Waals surface area contributed by atoms with Crippen molar-refractivity contribution in [1.29, 1.82) is 0 Å². The predicted octanol–water partition coefficient (Wildman–Crippen LogP) is 2.72. The van der Waals surface area contributed by atoms with Gasteiger partial charge in [-0.3, -0.25) is 13.9 Å². The normalized spacial score (nSPS) is 11.1. The van der Waals surface area contributed by atoms with Gasteiger partial charge in [0.2, 0.25) is 0 Å². The lowest BCUT2D eigenvalue weighted by Crippen LogP contribution is -2.40. The van der Waals surface area contributed by atoms with Crippen molar-refractivity contribution in [2.75, 3.05) is 6.61 Å². The van der Waals surface area contributed by atoms with Crippen LogP contribution in [0.5, 0.6) is 5.75 Å². The number of hydrogen-bond acceptors (Lipinski definition) is 4. The molecule has 0 atom stereocenters. The van der Waals surface area contributed by atoms with Gasteiger partial charge in [0, 0.05) is 23.8 Å². The minimum absolute atomic E-state index is 0.0765. The van der Waals surface area contributed by atoms with Crippen LogP contribution in [0, 0.1) is 5.82 Å². The van der Waals surface area contributed by atoms with E-state index in [0.717, 1.165) is 11.0 Å². The Bertz CT molecular complexity index is 1070. The van der Waals surface area contributed by atoms with Crippen molar-refractivity contribution in [3.8, 4) is 5.75 Å². The molecule has 26 heavy (non-hydrogen) atoms. The van der Waals surface area contributed by atoms with Gasteiger partial charge in [0.25, 0.3) is 5.56 Å². The highest BCUT2D eigenvalue weighted by Crippen LogP contribution is 2.21. The molecule has 0 saturated carbocycles. The highest BCUT2D eigenvalue weighted by molar-refractivity contribution is 6.31. The molecular weight excluding hydrogens is 361 g/mol. The zero-order valence-electron chi connectivity index (χ0n) is 14.3. The van der Waals surface area contributed by atoms with E-state index in [2.05, 4.69) is 4.98 Å². The molecule has 0 spiro atoms. The minimum atomic E-state index is -0.609. The maximum absolute atomic E-state index is 14.1. The van der Waals surface area contributed by atoms with Gasteiger partial charge in [0.15, 0.2) is 5.65 Å². The van der Waals surface area contributed by atoms with Crippen molar-refractivity contribution in [1.82, 2.24) is 14.1 Å². The lowest BCUT2D eigenvalue weighted by atomic mass is 10.2. The lowest BCUT2D eigenvalue weighted by molar-refractivity contribution is 0.320. The minimum Gasteiger partial charge on any atom is -0.493 e. The predicted molar refractivity (Wildman–Crippen MR) is 97.5 cm³/mol. The van der Waals surface area contributed by atoms with Gasteiger partial charge >= 0.3 is 5.69 Å². The first-order valence-corrected chi connectivity index (χ1v) is 8.47. The van der Waals surface area contributed by atoms with Crippen LogP contribution >= 0.6 is 11.6 Å². The monoisotopic (exact) mass is 377 g/mol. The van der Waals surface area contributed by atoms with E-state index in [-0.39, 0.29) is 28.2 Å². The summed E-state index contributed by atoms with van der Waals surface area (Å²) in [6, 6.07) is 5.77. The molecule has 3 rings (SSSR count). The molecule has 2 aromatic heterocycles. The Morgan fingerprint density at radius 3 is 2.73 bits per heavy atom. The van der Waals surface area contributed by atoms with Gasteiger partial charge in [0.05, 0.1) is 13.2 Å². The van der Waals surface area contributed by atoms with Gasteiger partial charge in [-0.15, -0.1) is 0 Å². The average molecular weight is 378 g/mol. The van der Waals surface area contributed by atoms with Crippen LogP contribution in [-0.2, 0) is 13.6 Å². The van der Waals surface area contributed by atoms with Crippen LogP contribution in [0.2, 0.25) is 5.02 Å². The fourth-order valence-corrected chi connectivity index (χ4v) is 2.92. The quantitative estimate of drug-likeness (QED) is 0.685. The van der Waals surface area contributed by atoms with Crippen LogP contribution in [0.15, 0.2) is 40.1 Å². The van der Waals surface area contributed by atoms with E-state index in [1.165, 1.54) is 36.0 Å². The zero-order chi connectivity index (χ0) is 18.8. The van der Waals surface area contributed by atoms with Gasteiger partial charge < -0.3 is 4.74 Å². The third-order valence-electron chi connectivity index (χ3n) is 4.03. The number of ether oxygens (including phenoxy) is 1. The summed E-state index contributed by atoms with van der Waals surface area (Å²) >= 11 is 6.04. The zero-order valence-corrected chi connectivity index (χ0v) is 15.1. The van der Waals surface area contributed by atoms with Gasteiger partial charge in [-0.05, 0) is 24.6 Å². The smallest absolute Gasteiger partial charge is 0.332 e. The van der Waals surface area contributed by atoms with Crippen molar-refractivity contribution in [3.05, 3.63) is 67.7 Å². The first kappa shape index (κ1) is 18.1. The largest absolute Gasteiger partial charge is 0.493 e. The van der Waals surface area contributed by atoms with E-state index in [1.807, 2.05) is 6.92 Å². The molecule has 0 aliphatic rings. The fourth-order valence-electron chi connectivity index (χ4n) is 2.70. The molecule has 3 aromatic rings. The molecule has 0 unspecified atom stereocenters. The van der Waals surface area contributed by atoms with Gasteiger partial charge in [-0.1, -0.05) is 24.6 Å². The van der Waals surface area contributed by atoms with E-state index in [9.17, 15) is 14.0 Å². The summed E-state index contributed by atoms with van der Waals surface area (Å²) in [5.41, 5.74) is -0.916. The third-order valence-corrected chi connectivity index (χ3v) is 4.38. The summed E-state index contributed by atoms with van der Waals surface area (Å²) in [5, 5.41) is 0.322. The number of halogens is 2. The van der Waals surface area contributed by atoms with Crippen molar-refractivity contribution >= 4 is 22.6 Å². The van der Waals surface area contributed by atoms with Crippen LogP contribution in [-0.4, -0.2) is 20.7 Å². The molecule has 1 aromatic carbocycles. The summed E-state index contributed by atoms with van der Waals surface area (Å²) in [6.45, 7) is 2.08. The van der Waals surface area contributed by atoms with Crippen LogP contribution in [0.4, 0.5) is 4.39 Å². The van der Waals surface area contributed by atoms with Crippen molar-refractivity contribution < 1.29 is 9.13 Å². The SMILES string of the molecule is CCCOc1ccnc2c1c(=O)n(Cc1c(F)cccc1Cl)c(=O)n2C. The van der Waals surface area contributed by atoms with Gasteiger partial charge in [-0.25, -0.2) is 14.2 Å². The number of benzene rings is 1. The number of aromatic nitrogens is 3. The van der Waals surface area contributed by atoms with Crippen LogP contribution in [0.25, 0.3) is 11.0 Å². The molecule has 0 aliphatic heterocycles. The lowest BCUT2D eigenvalue weighted by Gasteiger charge is -2.14. The second-order valence-corrected chi connectivity index (χ2v) is 6.20. The first-order chi connectivity index (χ1) is 12.5. The summed E-state index contributed by atoms with van der Waals surface area (Å²) < 4.78 is 21.9. The molecule has 0 aliphatic carbocycles. The highest BCUT2D eigenvalue weighted by Gasteiger charge is 2.18. The maximum atomic E-state index is 14.1. The Labute approximate surface area is 153 Å². The number of rotatable bonds is 5. The van der Waals surface area contributed by atoms with E-state index in [0.29, 0.717) is 12.4 Å². The fraction of sp³-hybridized carbons (Fsp3) is 0.278. The molecular formula is C18H17ClFN3O3. The van der Waals surface area contributed by atoms with Gasteiger partial charge in [0.1, 0.15) is 17.0 Å². The Hall–Kier alpha value is -2.67. The molecule has 8 heteroatoms. The molecule has 6 nitrogen and oxygen atoms in total. The summed E-state index contributed by atoms with van der Waals surface area (Å²) in [6.07, 6.45) is 2.24. The number of pyridine rings is 1. The second kappa shape index (κ2) is 7.29. The Morgan fingerprint density at radius 2 is 2.04 bits per heavy atom. The van der Waals surface area contributed by atoms with E-state index >= 15 is 0 Å². The maximum Gasteiger partial charge on any atom is 0.332 e. The van der Waals surface area contributed by atoms with Crippen molar-refractivity contribution in [2.45, 2.75) is 19.9 Å². The Kier molecular flexibility index (Phi) is 5.08. The summed E-state index contributed by atoms with van der Waals surface area (Å²) in [7, 11) is 1.50. The molecule has 136 valence electrons. The van der Waals surface area contributed by atoms with Crippen LogP contribution in [0.3, 0.4) is 0 Å². The van der Waals surface area contributed by atoms with Crippen molar-refractivity contribution in [3.63, 3.8) is 0 Å².